The molecule has 0 aliphatic carbocycles. The van der Waals surface area contributed by atoms with Gasteiger partial charge in [0.05, 0.1) is 19.2 Å². The largest absolute Gasteiger partial charge is 0.496 e. The van der Waals surface area contributed by atoms with Crippen LogP contribution in [0.25, 0.3) is 5.69 Å². The summed E-state index contributed by atoms with van der Waals surface area (Å²) in [4.78, 5) is 11.5. The van der Waals surface area contributed by atoms with Crippen molar-refractivity contribution in [3.05, 3.63) is 69.8 Å². The molecule has 0 saturated heterocycles. The Bertz CT molecular complexity index is 1200. The number of carbonyl (C=O) groups is 1. The normalized spacial score (nSPS) is 17.9. The average molecular weight is 468 g/mol. The molecule has 1 aromatic heterocycles. The highest BCUT2D eigenvalue weighted by Crippen LogP contribution is 2.45. The van der Waals surface area contributed by atoms with E-state index in [0.717, 1.165) is 10.1 Å². The van der Waals surface area contributed by atoms with Gasteiger partial charge in [0, 0.05) is 16.1 Å². The number of aryl methyl sites for hydroxylation is 1. The van der Waals surface area contributed by atoms with E-state index in [1.54, 1.807) is 18.2 Å². The molecule has 4 rings (SSSR count). The van der Waals surface area contributed by atoms with Gasteiger partial charge < -0.3 is 14.6 Å². The zero-order valence-corrected chi connectivity index (χ0v) is 17.6. The molecule has 7 nitrogen and oxygen atoms in total. The molecule has 1 aliphatic heterocycles. The van der Waals surface area contributed by atoms with Crippen molar-refractivity contribution in [2.24, 2.45) is 0 Å². The number of rotatable bonds is 4. The molecule has 0 bridgehead atoms. The third kappa shape index (κ3) is 3.91. The summed E-state index contributed by atoms with van der Waals surface area (Å²) in [7, 11) is 1.46. The number of hydrogen-bond acceptors (Lipinski definition) is 5. The third-order valence-electron chi connectivity index (χ3n) is 5.07. The van der Waals surface area contributed by atoms with E-state index in [2.05, 4.69) is 10.2 Å². The van der Waals surface area contributed by atoms with E-state index in [4.69, 9.17) is 21.1 Å². The molecule has 11 heteroatoms. The monoisotopic (exact) mass is 467 g/mol. The fraction of sp³-hybridized carbons (Fsp3) is 0.286. The molecule has 1 aliphatic rings. The van der Waals surface area contributed by atoms with Crippen molar-refractivity contribution in [1.82, 2.24) is 14.8 Å². The van der Waals surface area contributed by atoms with Gasteiger partial charge in [0.25, 0.3) is 0 Å². The van der Waals surface area contributed by atoms with E-state index >= 15 is 0 Å². The van der Waals surface area contributed by atoms with Crippen LogP contribution in [0.1, 0.15) is 47.0 Å². The van der Waals surface area contributed by atoms with Crippen molar-refractivity contribution >= 4 is 17.6 Å². The second-order valence-electron chi connectivity index (χ2n) is 7.27. The van der Waals surface area contributed by atoms with E-state index in [1.807, 2.05) is 6.92 Å². The molecule has 1 N–H and O–H groups in total. The number of carboxylic acid groups (broad SMARTS) is 1. The number of nitrogens with zero attached hydrogens (tertiary/aromatic N) is 3. The number of aromatic nitrogens is 3. The Balaban J connectivity index is 2.03. The molecule has 2 unspecified atom stereocenters. The molecule has 0 saturated carbocycles. The first-order chi connectivity index (χ1) is 15.1. The molecule has 2 aromatic carbocycles. The Morgan fingerprint density at radius 3 is 2.62 bits per heavy atom. The van der Waals surface area contributed by atoms with Crippen LogP contribution < -0.4 is 4.74 Å². The summed E-state index contributed by atoms with van der Waals surface area (Å²) < 4.78 is 53.7. The number of alkyl halides is 3. The number of ether oxygens (including phenoxy) is 2. The minimum atomic E-state index is -4.84. The lowest BCUT2D eigenvalue weighted by Gasteiger charge is -2.24. The van der Waals surface area contributed by atoms with Crippen molar-refractivity contribution in [2.75, 3.05) is 7.11 Å². The van der Waals surface area contributed by atoms with Gasteiger partial charge in [-0.15, -0.1) is 10.2 Å². The van der Waals surface area contributed by atoms with Crippen LogP contribution in [-0.2, 0) is 15.7 Å². The van der Waals surface area contributed by atoms with E-state index in [-0.39, 0.29) is 16.5 Å². The van der Waals surface area contributed by atoms with Gasteiger partial charge in [0.1, 0.15) is 18.0 Å². The zero-order chi connectivity index (χ0) is 23.2. The van der Waals surface area contributed by atoms with Gasteiger partial charge in [-0.05, 0) is 36.8 Å². The summed E-state index contributed by atoms with van der Waals surface area (Å²) in [5, 5.41) is 16.6. The Morgan fingerprint density at radius 2 is 1.97 bits per heavy atom. The Kier molecular flexibility index (Phi) is 5.59. The van der Waals surface area contributed by atoms with Crippen molar-refractivity contribution in [1.29, 1.82) is 0 Å². The number of hydrogen-bond donors (Lipinski definition) is 1. The highest BCUT2D eigenvalue weighted by molar-refractivity contribution is 6.30. The Morgan fingerprint density at radius 1 is 1.22 bits per heavy atom. The summed E-state index contributed by atoms with van der Waals surface area (Å²) in [5.74, 6) is -2.39. The second kappa shape index (κ2) is 8.10. The van der Waals surface area contributed by atoms with Crippen molar-refractivity contribution < 1.29 is 32.5 Å². The molecule has 2 atom stereocenters. The molecule has 0 spiro atoms. The maximum Gasteiger partial charge on any atom is 0.452 e. The SMILES string of the molecule is COc1cc(C)ccc1C1OC(CC(=O)O)c2nnc(C(F)(F)F)n2-c2ccc(Cl)cc21. The summed E-state index contributed by atoms with van der Waals surface area (Å²) in [6.45, 7) is 1.86. The lowest BCUT2D eigenvalue weighted by Crippen LogP contribution is -2.17. The van der Waals surface area contributed by atoms with Crippen LogP contribution in [0.4, 0.5) is 13.2 Å². The fourth-order valence-electron chi connectivity index (χ4n) is 3.74. The van der Waals surface area contributed by atoms with Crippen LogP contribution in [-0.4, -0.2) is 33.0 Å². The second-order valence-corrected chi connectivity index (χ2v) is 7.70. The molecule has 3 aromatic rings. The number of fused-ring (bicyclic) bond motifs is 3. The first kappa shape index (κ1) is 22.1. The summed E-state index contributed by atoms with van der Waals surface area (Å²) in [5.41, 5.74) is 1.77. The number of benzene rings is 2. The standard InChI is InChI=1S/C21H17ClF3N3O4/c1-10-3-5-12(15(7-10)31-2)18-13-8-11(22)4-6-14(13)28-19(16(32-18)9-17(29)30)26-27-20(28)21(23,24)25/h3-8,16,18H,9H2,1-2H3,(H,29,30). The van der Waals surface area contributed by atoms with Gasteiger partial charge in [0.2, 0.25) is 5.82 Å². The molecular weight excluding hydrogens is 451 g/mol. The maximum absolute atomic E-state index is 13.8. The number of methoxy groups -OCH3 is 1. The first-order valence-corrected chi connectivity index (χ1v) is 9.82. The van der Waals surface area contributed by atoms with Gasteiger partial charge in [0.15, 0.2) is 5.82 Å². The minimum absolute atomic E-state index is 0.0854. The predicted octanol–water partition coefficient (Wildman–Crippen LogP) is 4.89. The molecule has 2 heterocycles. The van der Waals surface area contributed by atoms with E-state index in [1.165, 1.54) is 25.3 Å². The van der Waals surface area contributed by atoms with Gasteiger partial charge in [-0.1, -0.05) is 23.7 Å². The zero-order valence-electron chi connectivity index (χ0n) is 16.9. The van der Waals surface area contributed by atoms with Crippen molar-refractivity contribution in [3.63, 3.8) is 0 Å². The smallest absolute Gasteiger partial charge is 0.452 e. The van der Waals surface area contributed by atoms with E-state index in [9.17, 15) is 23.1 Å². The number of carboxylic acids is 1. The predicted molar refractivity (Wildman–Crippen MR) is 107 cm³/mol. The fourth-order valence-corrected chi connectivity index (χ4v) is 3.92. The minimum Gasteiger partial charge on any atom is -0.496 e. The van der Waals surface area contributed by atoms with Crippen LogP contribution in [0.15, 0.2) is 36.4 Å². The molecule has 0 radical (unpaired) electrons. The summed E-state index contributed by atoms with van der Waals surface area (Å²) in [6.07, 6.45) is -7.76. The number of aliphatic carboxylic acids is 1. The van der Waals surface area contributed by atoms with Crippen LogP contribution in [0, 0.1) is 6.92 Å². The van der Waals surface area contributed by atoms with Crippen LogP contribution >= 0.6 is 11.6 Å². The summed E-state index contributed by atoms with van der Waals surface area (Å²) in [6, 6.07) is 9.59. The lowest BCUT2D eigenvalue weighted by molar-refractivity contribution is -0.146. The first-order valence-electron chi connectivity index (χ1n) is 9.44. The van der Waals surface area contributed by atoms with Crippen LogP contribution in [0.5, 0.6) is 5.75 Å². The van der Waals surface area contributed by atoms with Crippen LogP contribution in [0.3, 0.4) is 0 Å². The highest BCUT2D eigenvalue weighted by atomic mass is 35.5. The Hall–Kier alpha value is -3.11. The molecular formula is C21H17ClF3N3O4. The molecule has 0 fully saturated rings. The molecule has 32 heavy (non-hydrogen) atoms. The van der Waals surface area contributed by atoms with Crippen molar-refractivity contribution in [3.8, 4) is 11.4 Å². The summed E-state index contributed by atoms with van der Waals surface area (Å²) >= 11 is 6.19. The average Bonchev–Trinajstić information content (AvgIpc) is 3.12. The lowest BCUT2D eigenvalue weighted by atomic mass is 9.97. The third-order valence-corrected chi connectivity index (χ3v) is 5.31. The van der Waals surface area contributed by atoms with Crippen LogP contribution in [0.2, 0.25) is 5.02 Å². The van der Waals surface area contributed by atoms with Gasteiger partial charge in [-0.2, -0.15) is 13.2 Å². The van der Waals surface area contributed by atoms with E-state index < -0.39 is 36.6 Å². The van der Waals surface area contributed by atoms with E-state index in [0.29, 0.717) is 16.9 Å². The van der Waals surface area contributed by atoms with Gasteiger partial charge in [-0.25, -0.2) is 0 Å². The topological polar surface area (TPSA) is 86.5 Å². The molecule has 0 amide bonds. The van der Waals surface area contributed by atoms with Gasteiger partial charge >= 0.3 is 12.1 Å². The maximum atomic E-state index is 13.8. The van der Waals surface area contributed by atoms with Crippen molar-refractivity contribution in [2.45, 2.75) is 31.7 Å². The highest BCUT2D eigenvalue weighted by Gasteiger charge is 2.43. The van der Waals surface area contributed by atoms with Gasteiger partial charge in [-0.3, -0.25) is 9.36 Å². The number of halogens is 4. The Labute approximate surface area is 185 Å². The molecule has 168 valence electrons. The quantitative estimate of drug-likeness (QED) is 0.588.